The summed E-state index contributed by atoms with van der Waals surface area (Å²) in [5.74, 6) is 1.11. The summed E-state index contributed by atoms with van der Waals surface area (Å²) in [5, 5.41) is 4.33. The Hall–Kier alpha value is -2.40. The van der Waals surface area contributed by atoms with Crippen molar-refractivity contribution >= 4 is 0 Å². The topological polar surface area (TPSA) is 47.1 Å². The number of benzene rings is 1. The van der Waals surface area contributed by atoms with Crippen LogP contribution in [0.4, 0.5) is 0 Å². The molecule has 1 aromatic carbocycles. The molecule has 0 amide bonds. The largest absolute Gasteiger partial charge is 0.448 e. The van der Waals surface area contributed by atoms with Crippen LogP contribution in [0.3, 0.4) is 0 Å². The normalized spacial score (nSPS) is 11.5. The maximum atomic E-state index is 5.51. The van der Waals surface area contributed by atoms with Crippen molar-refractivity contribution in [2.45, 2.75) is 32.9 Å². The highest BCUT2D eigenvalue weighted by Crippen LogP contribution is 2.18. The molecule has 0 radical (unpaired) electrons. The highest BCUT2D eigenvalue weighted by Gasteiger charge is 2.11. The first kappa shape index (κ1) is 15.5. The van der Waals surface area contributed by atoms with Gasteiger partial charge in [-0.15, -0.1) is 0 Å². The van der Waals surface area contributed by atoms with E-state index in [1.807, 2.05) is 23.0 Å². The van der Waals surface area contributed by atoms with Gasteiger partial charge in [-0.05, 0) is 24.7 Å². The van der Waals surface area contributed by atoms with Crippen LogP contribution in [-0.2, 0) is 13.1 Å². The van der Waals surface area contributed by atoms with Crippen molar-refractivity contribution < 1.29 is 4.42 Å². The minimum Gasteiger partial charge on any atom is -0.448 e. The van der Waals surface area contributed by atoms with Gasteiger partial charge in [-0.2, -0.15) is 5.10 Å². The molecule has 2 aromatic heterocycles. The molecule has 0 unspecified atom stereocenters. The zero-order valence-corrected chi connectivity index (χ0v) is 13.8. The number of hydrogen-bond acceptors (Lipinski definition) is 4. The lowest BCUT2D eigenvalue weighted by Crippen LogP contribution is -2.18. The fraction of sp³-hybridized carbons (Fsp3) is 0.333. The highest BCUT2D eigenvalue weighted by atomic mass is 16.3. The Bertz CT molecular complexity index is 746. The minimum absolute atomic E-state index is 0.314. The Morgan fingerprint density at radius 1 is 1.17 bits per heavy atom. The molecule has 0 aliphatic carbocycles. The van der Waals surface area contributed by atoms with E-state index in [4.69, 9.17) is 4.42 Å². The minimum atomic E-state index is 0.314. The van der Waals surface area contributed by atoms with Crippen LogP contribution < -0.4 is 0 Å². The molecule has 0 N–H and O–H groups in total. The number of hydrogen-bond donors (Lipinski definition) is 0. The van der Waals surface area contributed by atoms with Gasteiger partial charge >= 0.3 is 0 Å². The van der Waals surface area contributed by atoms with Crippen LogP contribution in [0.2, 0.25) is 0 Å². The van der Waals surface area contributed by atoms with E-state index in [9.17, 15) is 0 Å². The first-order chi connectivity index (χ1) is 11.1. The fourth-order valence-corrected chi connectivity index (χ4v) is 2.56. The smallest absolute Gasteiger partial charge is 0.196 e. The number of rotatable bonds is 6. The second kappa shape index (κ2) is 6.79. The van der Waals surface area contributed by atoms with Crippen LogP contribution in [0.1, 0.15) is 36.9 Å². The monoisotopic (exact) mass is 310 g/mol. The van der Waals surface area contributed by atoms with Gasteiger partial charge in [-0.25, -0.2) is 9.67 Å². The second-order valence-electron chi connectivity index (χ2n) is 6.08. The Balaban J connectivity index is 1.71. The third-order valence-electron chi connectivity index (χ3n) is 3.68. The van der Waals surface area contributed by atoms with E-state index in [2.05, 4.69) is 54.1 Å². The third-order valence-corrected chi connectivity index (χ3v) is 3.68. The van der Waals surface area contributed by atoms with Gasteiger partial charge in [0, 0.05) is 31.4 Å². The molecule has 0 atom stereocenters. The first-order valence-corrected chi connectivity index (χ1v) is 7.84. The average molecular weight is 310 g/mol. The van der Waals surface area contributed by atoms with Crippen LogP contribution in [0.15, 0.2) is 53.4 Å². The van der Waals surface area contributed by atoms with E-state index in [-0.39, 0.29) is 0 Å². The Labute approximate surface area is 136 Å². The quantitative estimate of drug-likeness (QED) is 0.698. The molecule has 0 saturated carbocycles. The lowest BCUT2D eigenvalue weighted by atomic mass is 10.1. The van der Waals surface area contributed by atoms with Gasteiger partial charge in [0.2, 0.25) is 0 Å². The van der Waals surface area contributed by atoms with E-state index in [0.29, 0.717) is 5.92 Å². The molecule has 0 spiro atoms. The summed E-state index contributed by atoms with van der Waals surface area (Å²) in [6, 6.07) is 10.2. The molecule has 5 nitrogen and oxygen atoms in total. The van der Waals surface area contributed by atoms with E-state index in [1.165, 1.54) is 5.56 Å². The van der Waals surface area contributed by atoms with Gasteiger partial charge < -0.3 is 4.42 Å². The van der Waals surface area contributed by atoms with Crippen LogP contribution in [-0.4, -0.2) is 26.7 Å². The van der Waals surface area contributed by atoms with Crippen molar-refractivity contribution in [1.29, 1.82) is 0 Å². The lowest BCUT2D eigenvalue weighted by Gasteiger charge is -2.17. The number of oxazole rings is 1. The molecule has 0 aliphatic rings. The van der Waals surface area contributed by atoms with Crippen molar-refractivity contribution in [3.63, 3.8) is 0 Å². The third kappa shape index (κ3) is 3.68. The van der Waals surface area contributed by atoms with Gasteiger partial charge in [-0.1, -0.05) is 32.0 Å². The summed E-state index contributed by atoms with van der Waals surface area (Å²) >= 11 is 0. The lowest BCUT2D eigenvalue weighted by molar-refractivity contribution is 0.314. The molecule has 3 aromatic rings. The Morgan fingerprint density at radius 3 is 2.70 bits per heavy atom. The number of aromatic nitrogens is 3. The van der Waals surface area contributed by atoms with Gasteiger partial charge in [0.1, 0.15) is 6.26 Å². The number of para-hydroxylation sites is 1. The zero-order valence-electron chi connectivity index (χ0n) is 13.8. The van der Waals surface area contributed by atoms with Crippen molar-refractivity contribution in [3.8, 4) is 5.69 Å². The molecule has 23 heavy (non-hydrogen) atoms. The summed E-state index contributed by atoms with van der Waals surface area (Å²) < 4.78 is 7.41. The molecule has 0 saturated heterocycles. The van der Waals surface area contributed by atoms with Gasteiger partial charge in [-0.3, -0.25) is 4.90 Å². The summed E-state index contributed by atoms with van der Waals surface area (Å²) in [6.07, 6.45) is 5.51. The summed E-state index contributed by atoms with van der Waals surface area (Å²) in [5.41, 5.74) is 3.30. The molecule has 0 aliphatic heterocycles. The van der Waals surface area contributed by atoms with Crippen LogP contribution in [0.25, 0.3) is 5.69 Å². The molecular formula is C18H22N4O. The van der Waals surface area contributed by atoms with Gasteiger partial charge in [0.05, 0.1) is 11.4 Å². The Kier molecular flexibility index (Phi) is 4.57. The molecule has 120 valence electrons. The zero-order chi connectivity index (χ0) is 16.2. The molecule has 3 rings (SSSR count). The van der Waals surface area contributed by atoms with Crippen LogP contribution in [0, 0.1) is 0 Å². The molecule has 0 bridgehead atoms. The van der Waals surface area contributed by atoms with E-state index in [1.54, 1.807) is 12.5 Å². The van der Waals surface area contributed by atoms with Crippen molar-refractivity contribution in [2.75, 3.05) is 7.05 Å². The van der Waals surface area contributed by atoms with Gasteiger partial charge in [0.15, 0.2) is 5.89 Å². The maximum Gasteiger partial charge on any atom is 0.196 e. The predicted molar refractivity (Wildman–Crippen MR) is 89.3 cm³/mol. The highest BCUT2D eigenvalue weighted by molar-refractivity contribution is 5.40. The molecule has 5 heteroatoms. The predicted octanol–water partition coefficient (Wildman–Crippen LogP) is 3.62. The summed E-state index contributed by atoms with van der Waals surface area (Å²) in [6.45, 7) is 5.74. The first-order valence-electron chi connectivity index (χ1n) is 7.84. The SMILES string of the molecule is CC(C)c1nc(CN(C)Cc2ccccc2-n2cccn2)co1. The second-order valence-corrected chi connectivity index (χ2v) is 6.08. The van der Waals surface area contributed by atoms with Crippen molar-refractivity contribution in [1.82, 2.24) is 19.7 Å². The van der Waals surface area contributed by atoms with E-state index < -0.39 is 0 Å². The van der Waals surface area contributed by atoms with Crippen LogP contribution >= 0.6 is 0 Å². The average Bonchev–Trinajstić information content (AvgIpc) is 3.19. The fourth-order valence-electron chi connectivity index (χ4n) is 2.56. The molecular weight excluding hydrogens is 288 g/mol. The van der Waals surface area contributed by atoms with Gasteiger partial charge in [0.25, 0.3) is 0 Å². The number of nitrogens with zero attached hydrogens (tertiary/aromatic N) is 4. The Morgan fingerprint density at radius 2 is 2.00 bits per heavy atom. The maximum absolute atomic E-state index is 5.51. The van der Waals surface area contributed by atoms with E-state index in [0.717, 1.165) is 30.4 Å². The van der Waals surface area contributed by atoms with Crippen LogP contribution in [0.5, 0.6) is 0 Å². The van der Waals surface area contributed by atoms with Crippen molar-refractivity contribution in [2.24, 2.45) is 0 Å². The van der Waals surface area contributed by atoms with Crippen molar-refractivity contribution in [3.05, 3.63) is 66.1 Å². The molecule has 0 fully saturated rings. The molecule has 2 heterocycles. The van der Waals surface area contributed by atoms with E-state index >= 15 is 0 Å². The summed E-state index contributed by atoms with van der Waals surface area (Å²) in [7, 11) is 2.09. The summed E-state index contributed by atoms with van der Waals surface area (Å²) in [4.78, 5) is 6.76. The standard InChI is InChI=1S/C18H22N4O/c1-14(2)18-20-16(13-23-18)12-21(3)11-15-7-4-5-8-17(15)22-10-6-9-19-22/h4-10,13-14H,11-12H2,1-3H3.